The van der Waals surface area contributed by atoms with Crippen molar-refractivity contribution in [3.8, 4) is 0 Å². The zero-order chi connectivity index (χ0) is 41.3. The molecule has 0 radical (unpaired) electrons. The number of hydrogen-bond acceptors (Lipinski definition) is 24. The van der Waals surface area contributed by atoms with E-state index in [1.807, 2.05) is 0 Å². The first kappa shape index (κ1) is 35.5. The normalized spacial score (nSPS) is 41.5. The average molecular weight is 835 g/mol. The minimum atomic E-state index is -1.70. The molecule has 24 nitrogen and oxygen atoms in total. The zero-order valence-corrected chi connectivity index (χ0v) is 29.2. The highest BCUT2D eigenvalue weighted by Crippen LogP contribution is 2.46. The Morgan fingerprint density at radius 3 is 0.417 bits per heavy atom. The van der Waals surface area contributed by atoms with Crippen LogP contribution in [0.5, 0.6) is 0 Å². The molecule has 0 aromatic carbocycles. The third-order valence-electron chi connectivity index (χ3n) is 12.7. The summed E-state index contributed by atoms with van der Waals surface area (Å²) in [6.07, 6.45) is -26.4. The second-order valence-corrected chi connectivity index (χ2v) is 15.7. The van der Waals surface area contributed by atoms with Gasteiger partial charge < -0.3 is 85.6 Å². The highest BCUT2D eigenvalue weighted by atomic mass is 16.7. The second kappa shape index (κ2) is 11.4. The minimum Gasteiger partial charge on any atom is -0.848 e. The maximum absolute atomic E-state index is 13.2. The molecule has 6 aromatic heterocycles. The maximum atomic E-state index is 13.2. The van der Waals surface area contributed by atoms with E-state index in [1.54, 1.807) is 0 Å². The number of hydrogen-bond donors (Lipinski definition) is 0. The molecule has 18 atom stereocenters. The first-order chi connectivity index (χ1) is 28.7. The van der Waals surface area contributed by atoms with Gasteiger partial charge in [0.05, 0.1) is 73.2 Å². The summed E-state index contributed by atoms with van der Waals surface area (Å²) in [4.78, 5) is 77.1. The van der Waals surface area contributed by atoms with Crippen molar-refractivity contribution in [3.05, 3.63) is 61.3 Å². The van der Waals surface area contributed by atoms with E-state index in [2.05, 4.69) is 0 Å². The van der Waals surface area contributed by atoms with Gasteiger partial charge >= 0.3 is 0 Å². The molecular formula is C36H18O24-6. The van der Waals surface area contributed by atoms with Crippen LogP contribution in [0.3, 0.4) is 0 Å². The lowest BCUT2D eigenvalue weighted by molar-refractivity contribution is -0.612. The monoisotopic (exact) mass is 834 g/mol. The third-order valence-corrected chi connectivity index (χ3v) is 12.7. The van der Waals surface area contributed by atoms with E-state index in [-0.39, 0.29) is 0 Å². The Morgan fingerprint density at radius 2 is 0.317 bits per heavy atom. The van der Waals surface area contributed by atoms with Crippen molar-refractivity contribution in [2.75, 3.05) is 0 Å². The van der Waals surface area contributed by atoms with Gasteiger partial charge in [-0.05, 0) is 0 Å². The Balaban J connectivity index is 0.000000123. The fourth-order valence-corrected chi connectivity index (χ4v) is 9.89. The molecule has 6 aliphatic rings. The van der Waals surface area contributed by atoms with Gasteiger partial charge in [0.25, 0.3) is 32.6 Å². The second-order valence-electron chi connectivity index (χ2n) is 15.7. The fraction of sp³-hybridized carbons (Fsp3) is 0.500. The van der Waals surface area contributed by atoms with Gasteiger partial charge in [0, 0.05) is 0 Å². The van der Waals surface area contributed by atoms with Crippen molar-refractivity contribution in [2.24, 2.45) is 0 Å². The topological polar surface area (TPSA) is 375 Å². The van der Waals surface area contributed by atoms with Crippen LogP contribution in [-0.2, 0) is 28.4 Å². The van der Waals surface area contributed by atoms with Gasteiger partial charge in [0.1, 0.15) is 0 Å². The predicted molar refractivity (Wildman–Crippen MR) is 171 cm³/mol. The SMILES string of the molecule is O=c1c2oc3c(=O)c4oc5c(=O)c6oc1c1oc2c(=O)c3oc4c(=O)c5oc6c1=O.[O-]C1C2OC3C([O-])C4OC5C([O-])C6OC1C1OC2C([O-])C3OC4C([O-])[C@@H]5OC6C1[O-]. The summed E-state index contributed by atoms with van der Waals surface area (Å²) in [5.74, 6) is 0. The molecule has 12 rings (SSSR count). The summed E-state index contributed by atoms with van der Waals surface area (Å²) in [7, 11) is 0. The number of ether oxygens (including phenoxy) is 6. The summed E-state index contributed by atoms with van der Waals surface area (Å²) >= 11 is 0. The molecule has 6 saturated heterocycles. The zero-order valence-electron chi connectivity index (χ0n) is 29.2. The predicted octanol–water partition coefficient (Wildman–Crippen LogP) is -8.38. The average Bonchev–Trinajstić information content (AvgIpc) is 3.23. The molecule has 312 valence electrons. The van der Waals surface area contributed by atoms with Crippen LogP contribution >= 0.6 is 0 Å². The van der Waals surface area contributed by atoms with Crippen LogP contribution in [0.15, 0.2) is 55.3 Å². The maximum Gasteiger partial charge on any atom is 0.271 e. The molecule has 0 N–H and O–H groups in total. The van der Waals surface area contributed by atoms with Crippen molar-refractivity contribution in [3.63, 3.8) is 0 Å². The first-order valence-electron chi connectivity index (χ1n) is 18.4. The quantitative estimate of drug-likeness (QED) is 0.128. The standard InChI is InChI=1S/C18H18O12.C18O12/c2*19-1-7-9-2(20)13-11(25-7)4(22)15-17(28-13)6(24)18-16(30-15)5(23)12-14(29-18)3(21)10(27-9)8(1)26-12/h1-18H;/q-6;/t1?,2?,3?,4?,5?,6?,7-,8?,9?,10?,11?,12?,13?,14?,15?,16?,17?,18?;/m0./s1. The molecule has 0 saturated carbocycles. The summed E-state index contributed by atoms with van der Waals surface area (Å²) in [6, 6.07) is 0. The van der Waals surface area contributed by atoms with Gasteiger partial charge in [-0.25, -0.2) is 0 Å². The van der Waals surface area contributed by atoms with Crippen LogP contribution in [0.1, 0.15) is 0 Å². The Labute approximate surface area is 323 Å². The van der Waals surface area contributed by atoms with Gasteiger partial charge in [-0.1, -0.05) is 36.6 Å². The lowest BCUT2D eigenvalue weighted by Crippen LogP contribution is -2.88. The fourth-order valence-electron chi connectivity index (χ4n) is 9.89. The molecule has 6 aromatic rings. The highest BCUT2D eigenvalue weighted by molar-refractivity contribution is 5.96. The number of fused-ring (bicyclic) bond motifs is 12. The van der Waals surface area contributed by atoms with Crippen molar-refractivity contribution >= 4 is 67.0 Å². The van der Waals surface area contributed by atoms with E-state index in [0.29, 0.717) is 0 Å². The van der Waals surface area contributed by atoms with E-state index >= 15 is 0 Å². The van der Waals surface area contributed by atoms with Crippen molar-refractivity contribution in [2.45, 2.75) is 110 Å². The third kappa shape index (κ3) is 4.06. The highest BCUT2D eigenvalue weighted by Gasteiger charge is 2.62. The van der Waals surface area contributed by atoms with E-state index in [9.17, 15) is 59.4 Å². The molecule has 6 aliphatic heterocycles. The van der Waals surface area contributed by atoms with Gasteiger partial charge in [-0.2, -0.15) is 0 Å². The van der Waals surface area contributed by atoms with Crippen LogP contribution in [-0.4, -0.2) is 110 Å². The summed E-state index contributed by atoms with van der Waals surface area (Å²) in [5, 5.41) is 79.0. The van der Waals surface area contributed by atoms with E-state index < -0.39 is 209 Å². The van der Waals surface area contributed by atoms with Gasteiger partial charge in [-0.15, -0.1) is 0 Å². The minimum absolute atomic E-state index is 0.751. The Kier molecular flexibility index (Phi) is 6.73. The Bertz CT molecular complexity index is 2590. The molecule has 60 heavy (non-hydrogen) atoms. The van der Waals surface area contributed by atoms with E-state index in [0.717, 1.165) is 0 Å². The van der Waals surface area contributed by atoms with Crippen LogP contribution in [0.2, 0.25) is 0 Å². The molecule has 17 unspecified atom stereocenters. The van der Waals surface area contributed by atoms with Crippen molar-refractivity contribution in [1.29, 1.82) is 0 Å². The molecule has 0 aliphatic carbocycles. The van der Waals surface area contributed by atoms with Gasteiger partial charge in [-0.3, -0.25) is 28.8 Å². The molecule has 0 spiro atoms. The van der Waals surface area contributed by atoms with Crippen molar-refractivity contribution < 1.29 is 85.6 Å². The summed E-state index contributed by atoms with van der Waals surface area (Å²) in [5.41, 5.74) is -15.7. The number of rotatable bonds is 0. The van der Waals surface area contributed by atoms with Crippen LogP contribution in [0.4, 0.5) is 0 Å². The van der Waals surface area contributed by atoms with Crippen molar-refractivity contribution in [1.82, 2.24) is 0 Å². The van der Waals surface area contributed by atoms with Gasteiger partial charge in [0.2, 0.25) is 67.0 Å². The van der Waals surface area contributed by atoms with Crippen LogP contribution < -0.4 is 63.2 Å². The van der Waals surface area contributed by atoms with Gasteiger partial charge in [0.15, 0.2) is 0 Å². The summed E-state index contributed by atoms with van der Waals surface area (Å²) < 4.78 is 65.9. The van der Waals surface area contributed by atoms with Crippen LogP contribution in [0, 0.1) is 0 Å². The van der Waals surface area contributed by atoms with E-state index in [4.69, 9.17) is 54.9 Å². The van der Waals surface area contributed by atoms with E-state index in [1.165, 1.54) is 0 Å². The molecular weight excluding hydrogens is 816 g/mol. The molecule has 24 heteroatoms. The molecule has 12 heterocycles. The molecule has 0 bridgehead atoms. The summed E-state index contributed by atoms with van der Waals surface area (Å²) in [6.45, 7) is 0. The largest absolute Gasteiger partial charge is 0.848 e. The smallest absolute Gasteiger partial charge is 0.271 e. The first-order valence-corrected chi connectivity index (χ1v) is 18.4. The molecule has 0 amide bonds. The Hall–Kier alpha value is -5.22. The lowest BCUT2D eigenvalue weighted by atomic mass is 9.74. The molecule has 6 fully saturated rings. The lowest BCUT2D eigenvalue weighted by Gasteiger charge is -2.72. The Morgan fingerprint density at radius 1 is 0.217 bits per heavy atom. The van der Waals surface area contributed by atoms with Crippen LogP contribution in [0.25, 0.3) is 67.0 Å².